The van der Waals surface area contributed by atoms with E-state index in [1.807, 2.05) is 140 Å². The van der Waals surface area contributed by atoms with Crippen molar-refractivity contribution >= 4 is 0 Å². The number of aryl methyl sites for hydroxylation is 7. The molecule has 0 fully saturated rings. The van der Waals surface area contributed by atoms with Crippen molar-refractivity contribution in [3.8, 4) is 122 Å². The fourth-order valence-electron chi connectivity index (χ4n) is 19.0. The minimum atomic E-state index is -0.190. The summed E-state index contributed by atoms with van der Waals surface area (Å²) in [5.41, 5.74) is 47.2. The van der Waals surface area contributed by atoms with Gasteiger partial charge in [0.2, 0.25) is 0 Å². The summed E-state index contributed by atoms with van der Waals surface area (Å²) in [5.74, 6) is 0. The third-order valence-corrected chi connectivity index (χ3v) is 24.8. The predicted octanol–water partition coefficient (Wildman–Crippen LogP) is 32.7. The van der Waals surface area contributed by atoms with Gasteiger partial charge in [-0.3, -0.25) is 0 Å². The Kier molecular flexibility index (Phi) is 56.0. The van der Waals surface area contributed by atoms with Crippen LogP contribution in [0.3, 0.4) is 0 Å². The molecule has 4 aliphatic carbocycles. The van der Waals surface area contributed by atoms with E-state index in [1.165, 1.54) is 156 Å². The van der Waals surface area contributed by atoms with Crippen molar-refractivity contribution in [1.82, 2.24) is 0 Å². The van der Waals surface area contributed by atoms with E-state index in [9.17, 15) is 0 Å². The monoisotopic (exact) mass is 2710 g/mol. The molecule has 2 spiro atoms. The SMILES string of the molecule is Cc1[c-]c(-c2[c-]cccc2)ccc1.Cc1c[c-]c(-c2[c-]cccc2)cc1.Cc1cc[c-]c(-c2[c-]cccc2)c1.Cc1ccc2c(c1)C1(c3ccccc3-c3ccccc31)c1ccccc1-2.Cc1ccc[c-]c1-c1[c-]cccc1.Cc1cccc(-c2cc(-c3ccccc3)cc(-c3ccccc3)c2)c1.Cc1cccc2c1C1(c3ccccc3-c3ccccc31)c1ccccc1-2.[Y].[Y].[Y].[Y].[Y].[Y].[Y].[Y].[Y].[Y].[Y].[Y]. The Labute approximate surface area is 1140 Å². The topological polar surface area (TPSA) is 0 Å². The quantitative estimate of drug-likeness (QED) is 0.140. The summed E-state index contributed by atoms with van der Waals surface area (Å²) in [5, 5.41) is 0. The molecule has 0 aromatic heterocycles. The summed E-state index contributed by atoms with van der Waals surface area (Å²) < 4.78 is 0. The summed E-state index contributed by atoms with van der Waals surface area (Å²) in [6.45, 7) is 14.9. The van der Waals surface area contributed by atoms with Crippen molar-refractivity contribution in [2.45, 2.75) is 59.3 Å². The maximum Gasteiger partial charge on any atom is 0.0728 e. The standard InChI is InChI=1S/2C26H18.C25H20.4C13H10.12Y/c1-17-9-8-13-21-20-12-4-7-16-24(20)26(25(17)21)22-14-5-2-10-18(22)19-11-3-6-15-23(19)26;1-17-14-15-21-20-10-4-7-13-24(20)26(25(21)16-17)22-11-5-2-8-18(22)19-9-3-6-12-23(19)26;1-19-9-8-14-22(15-19)25-17-23(20-10-4-2-5-11-20)16-24(18-25)21-12-6-3-7-13-21;1-11-7-5-6-10-13(11)12-8-3-2-4-9-12;2*1-11-6-5-9-13(10-11)12-7-3-2-4-8-12;1-11-7-9-13(10-8-11)12-5-3-2-4-6-12;;;;;;;;;;;;/h2*2-16H,1H3;2-18H,1H3;2-8H,1H3;2-7,10H,1H3;2-7,9H,1H3;2-5,7-9H,1H3;;;;;;;;;;;;/q;;;4*-2;;;;;;;;;;;;. The van der Waals surface area contributed by atoms with Gasteiger partial charge >= 0.3 is 0 Å². The Hall–Kier alpha value is -2.35. The van der Waals surface area contributed by atoms with E-state index in [4.69, 9.17) is 0 Å². The summed E-state index contributed by atoms with van der Waals surface area (Å²) in [7, 11) is 0. The molecule has 0 heterocycles. The molecule has 0 amide bonds. The number of rotatable bonds is 7. The average Bonchev–Trinajstić information content (AvgIpc) is 1.53. The van der Waals surface area contributed by atoms with Crippen LogP contribution < -0.4 is 0 Å². The smallest absolute Gasteiger partial charge is 0.0728 e. The second kappa shape index (κ2) is 62.0. The van der Waals surface area contributed by atoms with Crippen LogP contribution in [0.1, 0.15) is 83.5 Å². The Bertz CT molecular complexity index is 7060. The van der Waals surface area contributed by atoms with E-state index < -0.39 is 0 Å². The molecular formula is C129H96Y12-8. The zero-order valence-corrected chi connectivity index (χ0v) is 115. The molecule has 0 saturated heterocycles. The van der Waals surface area contributed by atoms with Gasteiger partial charge in [0, 0.05) is 393 Å². The summed E-state index contributed by atoms with van der Waals surface area (Å²) in [4.78, 5) is 0. The molecule has 20 aromatic carbocycles. The second-order valence-corrected chi connectivity index (χ2v) is 33.4. The van der Waals surface area contributed by atoms with Crippen LogP contribution >= 0.6 is 0 Å². The fourth-order valence-corrected chi connectivity index (χ4v) is 19.0. The molecule has 656 valence electrons. The molecule has 24 rings (SSSR count). The molecule has 0 atom stereocenters. The third-order valence-electron chi connectivity index (χ3n) is 24.8. The molecule has 0 unspecified atom stereocenters. The maximum atomic E-state index is 3.29. The van der Waals surface area contributed by atoms with Gasteiger partial charge in [0.25, 0.3) is 0 Å². The van der Waals surface area contributed by atoms with Crippen LogP contribution in [0.2, 0.25) is 0 Å². The van der Waals surface area contributed by atoms with Crippen LogP contribution in [0.5, 0.6) is 0 Å². The first kappa shape index (κ1) is 127. The predicted molar refractivity (Wildman–Crippen MR) is 540 cm³/mol. The van der Waals surface area contributed by atoms with E-state index >= 15 is 0 Å². The van der Waals surface area contributed by atoms with Crippen molar-refractivity contribution in [3.63, 3.8) is 0 Å². The van der Waals surface area contributed by atoms with Gasteiger partial charge in [-0.15, -0.1) is 59.2 Å². The molecular weight excluding hydrogens is 2620 g/mol. The zero-order chi connectivity index (χ0) is 88.1. The fraction of sp³-hybridized carbons (Fsp3) is 0.0698. The van der Waals surface area contributed by atoms with Crippen molar-refractivity contribution in [2.24, 2.45) is 0 Å². The summed E-state index contributed by atoms with van der Waals surface area (Å²) in [6, 6.07) is 186. The molecule has 0 bridgehead atoms. The van der Waals surface area contributed by atoms with Gasteiger partial charge in [-0.25, -0.2) is 44.5 Å². The third kappa shape index (κ3) is 29.4. The van der Waals surface area contributed by atoms with Crippen LogP contribution in [0.4, 0.5) is 0 Å². The Morgan fingerprint density at radius 2 is 0.504 bits per heavy atom. The summed E-state index contributed by atoms with van der Waals surface area (Å²) in [6.07, 6.45) is 0. The normalized spacial score (nSPS) is 10.9. The molecule has 0 aliphatic heterocycles. The van der Waals surface area contributed by atoms with Crippen LogP contribution in [0.25, 0.3) is 122 Å². The molecule has 0 saturated carbocycles. The van der Waals surface area contributed by atoms with Crippen LogP contribution in [-0.4, -0.2) is 0 Å². The van der Waals surface area contributed by atoms with Crippen molar-refractivity contribution in [2.75, 3.05) is 0 Å². The minimum Gasteiger partial charge on any atom is -0.226 e. The van der Waals surface area contributed by atoms with Crippen LogP contribution in [-0.2, 0) is 403 Å². The number of fused-ring (bicyclic) bond motifs is 20. The van der Waals surface area contributed by atoms with Crippen molar-refractivity contribution in [3.05, 3.63) is 587 Å². The largest absolute Gasteiger partial charge is 0.226 e. The minimum absolute atomic E-state index is 0. The first-order chi connectivity index (χ1) is 63.4. The van der Waals surface area contributed by atoms with Crippen LogP contribution in [0.15, 0.2) is 455 Å². The first-order valence-corrected chi connectivity index (χ1v) is 44.3. The van der Waals surface area contributed by atoms with Gasteiger partial charge in [0.15, 0.2) is 0 Å². The van der Waals surface area contributed by atoms with Gasteiger partial charge in [0.1, 0.15) is 0 Å². The molecule has 20 aromatic rings. The number of benzene rings is 20. The molecule has 12 heteroatoms. The van der Waals surface area contributed by atoms with E-state index in [0.29, 0.717) is 0 Å². The molecule has 12 radical (unpaired) electrons. The van der Waals surface area contributed by atoms with E-state index in [1.54, 1.807) is 0 Å². The molecule has 141 heavy (non-hydrogen) atoms. The molecule has 0 nitrogen and oxygen atoms in total. The maximum absolute atomic E-state index is 3.29. The Morgan fingerprint density at radius 1 is 0.170 bits per heavy atom. The van der Waals surface area contributed by atoms with Gasteiger partial charge in [0.05, 0.1) is 10.8 Å². The Morgan fingerprint density at radius 3 is 0.936 bits per heavy atom. The van der Waals surface area contributed by atoms with Gasteiger partial charge < -0.3 is 0 Å². The molecule has 4 aliphatic rings. The van der Waals surface area contributed by atoms with E-state index in [0.717, 1.165) is 50.1 Å². The number of hydrogen-bond donors (Lipinski definition) is 0. The Balaban J connectivity index is 0.000000254. The van der Waals surface area contributed by atoms with E-state index in [2.05, 4.69) is 412 Å². The zero-order valence-electron chi connectivity index (χ0n) is 80.7. The van der Waals surface area contributed by atoms with Gasteiger partial charge in [-0.05, 0) is 167 Å². The van der Waals surface area contributed by atoms with Gasteiger partial charge in [-0.2, -0.15) is 181 Å². The van der Waals surface area contributed by atoms with Crippen molar-refractivity contribution < 1.29 is 393 Å². The summed E-state index contributed by atoms with van der Waals surface area (Å²) >= 11 is 0. The van der Waals surface area contributed by atoms with Crippen LogP contribution in [0, 0.1) is 97.0 Å². The number of hydrogen-bond acceptors (Lipinski definition) is 0. The van der Waals surface area contributed by atoms with E-state index in [-0.39, 0.29) is 403 Å². The van der Waals surface area contributed by atoms with Gasteiger partial charge in [-0.1, -0.05) is 306 Å². The molecule has 0 N–H and O–H groups in total. The first-order valence-electron chi connectivity index (χ1n) is 44.3. The van der Waals surface area contributed by atoms with Crippen molar-refractivity contribution in [1.29, 1.82) is 0 Å². The average molecular weight is 2710 g/mol. The second-order valence-electron chi connectivity index (χ2n) is 33.4.